The largest absolute Gasteiger partial charge is 0.489 e. The number of hydrogen-bond donors (Lipinski definition) is 1. The molecule has 3 rings (SSSR count). The van der Waals surface area contributed by atoms with Gasteiger partial charge in [0.15, 0.2) is 0 Å². The van der Waals surface area contributed by atoms with E-state index in [0.717, 1.165) is 56.6 Å². The van der Waals surface area contributed by atoms with Crippen LogP contribution in [0.5, 0.6) is 5.75 Å². The Hall–Kier alpha value is -2.53. The molecule has 5 heteroatoms. The van der Waals surface area contributed by atoms with Gasteiger partial charge in [0.1, 0.15) is 12.4 Å². The van der Waals surface area contributed by atoms with Crippen LogP contribution in [0.4, 0.5) is 5.69 Å². The number of rotatable bonds is 11. The Kier molecular flexibility index (Phi) is 9.82. The van der Waals surface area contributed by atoms with Gasteiger partial charge in [-0.3, -0.25) is 4.79 Å². The Morgan fingerprint density at radius 1 is 1.06 bits per heavy atom. The Labute approximate surface area is 206 Å². The molecule has 2 aromatic carbocycles. The molecule has 0 radical (unpaired) electrons. The molecular formula is C29H43N3O2. The van der Waals surface area contributed by atoms with Crippen molar-refractivity contribution < 1.29 is 9.53 Å². The van der Waals surface area contributed by atoms with Gasteiger partial charge in [-0.1, -0.05) is 58.0 Å². The molecule has 1 aliphatic heterocycles. The SMILES string of the molecule is CC(C)CCN(c1ccc(OCc2ccccc2)cc1)C1CCCN(C(=O)C(N)CC(C)C)C1. The minimum Gasteiger partial charge on any atom is -0.489 e. The number of nitrogens with two attached hydrogens (primary N) is 1. The summed E-state index contributed by atoms with van der Waals surface area (Å²) in [7, 11) is 0. The van der Waals surface area contributed by atoms with Gasteiger partial charge in [0.05, 0.1) is 6.04 Å². The van der Waals surface area contributed by atoms with E-state index in [-0.39, 0.29) is 5.91 Å². The van der Waals surface area contributed by atoms with E-state index in [2.05, 4.69) is 69.0 Å². The summed E-state index contributed by atoms with van der Waals surface area (Å²) in [6, 6.07) is 18.6. The summed E-state index contributed by atoms with van der Waals surface area (Å²) >= 11 is 0. The number of carbonyl (C=O) groups is 1. The molecular weight excluding hydrogens is 422 g/mol. The second-order valence-electron chi connectivity index (χ2n) is 10.5. The highest BCUT2D eigenvalue weighted by molar-refractivity contribution is 5.81. The summed E-state index contributed by atoms with van der Waals surface area (Å²) in [5.74, 6) is 2.02. The average molecular weight is 466 g/mol. The maximum absolute atomic E-state index is 13.0. The highest BCUT2D eigenvalue weighted by atomic mass is 16.5. The van der Waals surface area contributed by atoms with Gasteiger partial charge in [0, 0.05) is 31.4 Å². The predicted octanol–water partition coefficient (Wildman–Crippen LogP) is 5.48. The Balaban J connectivity index is 1.68. The maximum atomic E-state index is 13.0. The molecule has 1 saturated heterocycles. The lowest BCUT2D eigenvalue weighted by Gasteiger charge is -2.41. The van der Waals surface area contributed by atoms with Crippen molar-refractivity contribution in [2.24, 2.45) is 17.6 Å². The van der Waals surface area contributed by atoms with Crippen LogP contribution in [0.3, 0.4) is 0 Å². The van der Waals surface area contributed by atoms with E-state index in [1.54, 1.807) is 0 Å². The minimum absolute atomic E-state index is 0.104. The summed E-state index contributed by atoms with van der Waals surface area (Å²) < 4.78 is 5.99. The smallest absolute Gasteiger partial charge is 0.239 e. The summed E-state index contributed by atoms with van der Waals surface area (Å²) in [5, 5.41) is 0. The lowest BCUT2D eigenvalue weighted by atomic mass is 9.99. The van der Waals surface area contributed by atoms with Crippen molar-refractivity contribution in [1.29, 1.82) is 0 Å². The van der Waals surface area contributed by atoms with Crippen molar-refractivity contribution in [2.75, 3.05) is 24.5 Å². The second-order valence-corrected chi connectivity index (χ2v) is 10.5. The van der Waals surface area contributed by atoms with E-state index in [1.807, 2.05) is 23.1 Å². The highest BCUT2D eigenvalue weighted by Crippen LogP contribution is 2.27. The topological polar surface area (TPSA) is 58.8 Å². The summed E-state index contributed by atoms with van der Waals surface area (Å²) in [5.41, 5.74) is 8.60. The quantitative estimate of drug-likeness (QED) is 0.477. The number of hydrogen-bond acceptors (Lipinski definition) is 4. The molecule has 0 aromatic heterocycles. The summed E-state index contributed by atoms with van der Waals surface area (Å²) in [6.07, 6.45) is 3.96. The van der Waals surface area contributed by atoms with E-state index in [0.29, 0.717) is 24.5 Å². The lowest BCUT2D eigenvalue weighted by Crippen LogP contribution is -2.54. The fraction of sp³-hybridized carbons (Fsp3) is 0.552. The fourth-order valence-electron chi connectivity index (χ4n) is 4.65. The van der Waals surface area contributed by atoms with Crippen molar-refractivity contribution in [3.63, 3.8) is 0 Å². The molecule has 0 spiro atoms. The van der Waals surface area contributed by atoms with Crippen molar-refractivity contribution in [3.8, 4) is 5.75 Å². The number of anilines is 1. The number of carbonyl (C=O) groups excluding carboxylic acids is 1. The first-order valence-electron chi connectivity index (χ1n) is 12.9. The van der Waals surface area contributed by atoms with Gasteiger partial charge in [-0.25, -0.2) is 0 Å². The van der Waals surface area contributed by atoms with Crippen LogP contribution in [0.25, 0.3) is 0 Å². The molecule has 2 atom stereocenters. The second kappa shape index (κ2) is 12.8. The molecule has 2 N–H and O–H groups in total. The molecule has 1 amide bonds. The van der Waals surface area contributed by atoms with Crippen LogP contribution in [0.2, 0.25) is 0 Å². The molecule has 34 heavy (non-hydrogen) atoms. The monoisotopic (exact) mass is 465 g/mol. The van der Waals surface area contributed by atoms with E-state index < -0.39 is 6.04 Å². The maximum Gasteiger partial charge on any atom is 0.239 e. The minimum atomic E-state index is -0.399. The van der Waals surface area contributed by atoms with Crippen LogP contribution in [0.15, 0.2) is 54.6 Å². The zero-order valence-electron chi connectivity index (χ0n) is 21.5. The number of piperidine rings is 1. The Bertz CT molecular complexity index is 867. The van der Waals surface area contributed by atoms with Crippen molar-refractivity contribution >= 4 is 11.6 Å². The molecule has 0 saturated carbocycles. The van der Waals surface area contributed by atoms with Crippen LogP contribution >= 0.6 is 0 Å². The molecule has 0 bridgehead atoms. The molecule has 2 aromatic rings. The summed E-state index contributed by atoms with van der Waals surface area (Å²) in [4.78, 5) is 17.5. The third-order valence-corrected chi connectivity index (χ3v) is 6.56. The van der Waals surface area contributed by atoms with E-state index in [9.17, 15) is 4.79 Å². The van der Waals surface area contributed by atoms with Gasteiger partial charge < -0.3 is 20.3 Å². The van der Waals surface area contributed by atoms with Crippen molar-refractivity contribution in [1.82, 2.24) is 4.90 Å². The number of likely N-dealkylation sites (tertiary alicyclic amines) is 1. The molecule has 186 valence electrons. The van der Waals surface area contributed by atoms with Gasteiger partial charge in [-0.05, 0) is 67.3 Å². The third kappa shape index (κ3) is 7.76. The average Bonchev–Trinajstić information content (AvgIpc) is 2.83. The molecule has 1 fully saturated rings. The first kappa shape index (κ1) is 26.1. The van der Waals surface area contributed by atoms with Crippen molar-refractivity contribution in [2.45, 2.75) is 72.1 Å². The summed E-state index contributed by atoms with van der Waals surface area (Å²) in [6.45, 7) is 11.9. The first-order valence-corrected chi connectivity index (χ1v) is 12.9. The number of nitrogens with zero attached hydrogens (tertiary/aromatic N) is 2. The molecule has 1 heterocycles. The van der Waals surface area contributed by atoms with Crippen LogP contribution in [0, 0.1) is 11.8 Å². The van der Waals surface area contributed by atoms with Crippen LogP contribution in [-0.2, 0) is 11.4 Å². The number of amides is 1. The molecule has 5 nitrogen and oxygen atoms in total. The molecule has 0 aliphatic carbocycles. The van der Waals surface area contributed by atoms with Gasteiger partial charge in [0.2, 0.25) is 5.91 Å². The molecule has 1 aliphatic rings. The van der Waals surface area contributed by atoms with Gasteiger partial charge in [-0.2, -0.15) is 0 Å². The fourth-order valence-corrected chi connectivity index (χ4v) is 4.65. The van der Waals surface area contributed by atoms with Gasteiger partial charge >= 0.3 is 0 Å². The predicted molar refractivity (Wildman–Crippen MR) is 141 cm³/mol. The van der Waals surface area contributed by atoms with E-state index in [4.69, 9.17) is 10.5 Å². The Morgan fingerprint density at radius 2 is 1.76 bits per heavy atom. The standard InChI is InChI=1S/C29H43N3O2/c1-22(2)16-18-32(26-11-8-17-31(20-26)29(33)28(30)19-23(3)4)25-12-14-27(15-13-25)34-21-24-9-6-5-7-10-24/h5-7,9-10,12-15,22-23,26,28H,8,11,16-21,30H2,1-4H3. The van der Waals surface area contributed by atoms with Crippen LogP contribution in [-0.4, -0.2) is 42.5 Å². The Morgan fingerprint density at radius 3 is 2.41 bits per heavy atom. The highest BCUT2D eigenvalue weighted by Gasteiger charge is 2.30. The third-order valence-electron chi connectivity index (χ3n) is 6.56. The van der Waals surface area contributed by atoms with Crippen molar-refractivity contribution in [3.05, 3.63) is 60.2 Å². The molecule has 2 unspecified atom stereocenters. The zero-order chi connectivity index (χ0) is 24.5. The van der Waals surface area contributed by atoms with E-state index >= 15 is 0 Å². The number of ether oxygens (including phenoxy) is 1. The van der Waals surface area contributed by atoms with Gasteiger partial charge in [-0.15, -0.1) is 0 Å². The zero-order valence-corrected chi connectivity index (χ0v) is 21.5. The van der Waals surface area contributed by atoms with Crippen LogP contribution < -0.4 is 15.4 Å². The van der Waals surface area contributed by atoms with E-state index in [1.165, 1.54) is 5.69 Å². The number of benzene rings is 2. The normalized spacial score (nSPS) is 17.1. The lowest BCUT2D eigenvalue weighted by molar-refractivity contribution is -0.134. The van der Waals surface area contributed by atoms with Gasteiger partial charge in [0.25, 0.3) is 0 Å². The first-order chi connectivity index (χ1) is 16.3. The van der Waals surface area contributed by atoms with Crippen LogP contribution in [0.1, 0.15) is 58.9 Å².